The van der Waals surface area contributed by atoms with Gasteiger partial charge in [0.2, 0.25) is 0 Å². The third kappa shape index (κ3) is 3.77. The molecule has 0 radical (unpaired) electrons. The Morgan fingerprint density at radius 1 is 1.31 bits per heavy atom. The minimum absolute atomic E-state index is 0.0305. The number of nitrogens with one attached hydrogen (secondary N) is 1. The summed E-state index contributed by atoms with van der Waals surface area (Å²) in [4.78, 5) is 4.41. The largest absolute Gasteiger partial charge is 0.355 e. The first kappa shape index (κ1) is 13.5. The van der Waals surface area contributed by atoms with Crippen molar-refractivity contribution in [2.45, 2.75) is 37.6 Å². The molecule has 0 aliphatic heterocycles. The summed E-state index contributed by atoms with van der Waals surface area (Å²) in [5.41, 5.74) is -0.0305. The highest BCUT2D eigenvalue weighted by molar-refractivity contribution is 7.99. The van der Waals surface area contributed by atoms with Gasteiger partial charge < -0.3 is 9.47 Å². The fourth-order valence-corrected chi connectivity index (χ4v) is 1.85. The van der Waals surface area contributed by atoms with E-state index in [0.29, 0.717) is 5.75 Å². The topological polar surface area (TPSA) is 60.0 Å². The molecule has 16 heavy (non-hydrogen) atoms. The highest BCUT2D eigenvalue weighted by Gasteiger charge is 2.19. The lowest BCUT2D eigenvalue weighted by Gasteiger charge is -2.12. The molecule has 0 unspecified atom stereocenters. The molecule has 0 bridgehead atoms. The Bertz CT molecular complexity index is 318. The Kier molecular flexibility index (Phi) is 4.76. The van der Waals surface area contributed by atoms with Crippen LogP contribution in [0.4, 0.5) is 0 Å². The number of hydrogen-bond acceptors (Lipinski definition) is 5. The van der Waals surface area contributed by atoms with Gasteiger partial charge in [-0.3, -0.25) is 5.10 Å². The maximum atomic E-state index is 5.09. The van der Waals surface area contributed by atoms with Crippen LogP contribution in [0.15, 0.2) is 5.16 Å². The third-order valence-corrected chi connectivity index (χ3v) is 2.91. The van der Waals surface area contributed by atoms with Crippen LogP contribution in [0.25, 0.3) is 0 Å². The van der Waals surface area contributed by atoms with Crippen LogP contribution < -0.4 is 0 Å². The average Bonchev–Trinajstić information content (AvgIpc) is 2.67. The zero-order valence-electron chi connectivity index (χ0n) is 10.4. The number of thioether (sulfide) groups is 1. The van der Waals surface area contributed by atoms with Gasteiger partial charge in [-0.2, -0.15) is 5.10 Å². The zero-order chi connectivity index (χ0) is 12.2. The monoisotopic (exact) mass is 245 g/mol. The average molecular weight is 245 g/mol. The van der Waals surface area contributed by atoms with Crippen molar-refractivity contribution in [3.8, 4) is 0 Å². The molecule has 0 atom stereocenters. The van der Waals surface area contributed by atoms with Crippen LogP contribution in [0, 0.1) is 0 Å². The Hall–Kier alpha value is -0.590. The van der Waals surface area contributed by atoms with E-state index < -0.39 is 0 Å². The molecule has 0 spiro atoms. The van der Waals surface area contributed by atoms with Crippen molar-refractivity contribution in [3.63, 3.8) is 0 Å². The number of methoxy groups -OCH3 is 2. The molecular formula is C10H19N3O2S. The summed E-state index contributed by atoms with van der Waals surface area (Å²) in [5.74, 6) is 1.51. The van der Waals surface area contributed by atoms with Crippen molar-refractivity contribution in [2.75, 3.05) is 20.0 Å². The summed E-state index contributed by atoms with van der Waals surface area (Å²) in [6.07, 6.45) is -0.215. The fraction of sp³-hybridized carbons (Fsp3) is 0.800. The molecule has 0 aromatic carbocycles. The van der Waals surface area contributed by atoms with Crippen molar-refractivity contribution in [1.82, 2.24) is 15.2 Å². The summed E-state index contributed by atoms with van der Waals surface area (Å²) >= 11 is 1.54. The van der Waals surface area contributed by atoms with Crippen LogP contribution in [0.3, 0.4) is 0 Å². The predicted octanol–water partition coefficient (Wildman–Crippen LogP) is 1.81. The number of rotatable bonds is 5. The zero-order valence-corrected chi connectivity index (χ0v) is 11.2. The quantitative estimate of drug-likeness (QED) is 0.633. The van der Waals surface area contributed by atoms with E-state index in [2.05, 4.69) is 36.0 Å². The molecule has 0 amide bonds. The van der Waals surface area contributed by atoms with E-state index >= 15 is 0 Å². The lowest BCUT2D eigenvalue weighted by molar-refractivity contribution is -0.0842. The lowest BCUT2D eigenvalue weighted by Crippen LogP contribution is -2.15. The molecule has 6 heteroatoms. The SMILES string of the molecule is COC(CSc1nc(C(C)(C)C)n[nH]1)OC. The number of ether oxygens (including phenoxy) is 2. The Labute approximate surface area is 100 Å². The van der Waals surface area contributed by atoms with Crippen LogP contribution in [-0.2, 0) is 14.9 Å². The minimum Gasteiger partial charge on any atom is -0.355 e. The van der Waals surface area contributed by atoms with Gasteiger partial charge >= 0.3 is 0 Å². The molecule has 0 aliphatic carbocycles. The molecule has 0 saturated carbocycles. The Morgan fingerprint density at radius 2 is 1.94 bits per heavy atom. The molecule has 1 heterocycles. The van der Waals surface area contributed by atoms with Gasteiger partial charge in [-0.25, -0.2) is 4.98 Å². The van der Waals surface area contributed by atoms with Gasteiger partial charge in [-0.05, 0) is 0 Å². The van der Waals surface area contributed by atoms with Gasteiger partial charge in [0.05, 0.1) is 5.75 Å². The molecule has 1 aromatic rings. The van der Waals surface area contributed by atoms with E-state index in [4.69, 9.17) is 9.47 Å². The normalized spacial score (nSPS) is 12.4. The summed E-state index contributed by atoms with van der Waals surface area (Å²) in [6.45, 7) is 6.24. The smallest absolute Gasteiger partial charge is 0.183 e. The van der Waals surface area contributed by atoms with Gasteiger partial charge in [-0.15, -0.1) is 0 Å². The van der Waals surface area contributed by atoms with Gasteiger partial charge in [0, 0.05) is 19.6 Å². The van der Waals surface area contributed by atoms with Crippen molar-refractivity contribution in [1.29, 1.82) is 0 Å². The van der Waals surface area contributed by atoms with E-state index in [-0.39, 0.29) is 11.7 Å². The highest BCUT2D eigenvalue weighted by Crippen LogP contribution is 2.21. The van der Waals surface area contributed by atoms with Gasteiger partial charge in [0.25, 0.3) is 0 Å². The molecule has 1 N–H and O–H groups in total. The molecule has 1 aromatic heterocycles. The van der Waals surface area contributed by atoms with Gasteiger partial charge in [-0.1, -0.05) is 32.5 Å². The molecular weight excluding hydrogens is 226 g/mol. The second-order valence-electron chi connectivity index (χ2n) is 4.43. The van der Waals surface area contributed by atoms with Crippen LogP contribution in [0.2, 0.25) is 0 Å². The van der Waals surface area contributed by atoms with Crippen molar-refractivity contribution < 1.29 is 9.47 Å². The van der Waals surface area contributed by atoms with E-state index in [0.717, 1.165) is 11.0 Å². The minimum atomic E-state index is -0.215. The van der Waals surface area contributed by atoms with Crippen molar-refractivity contribution in [3.05, 3.63) is 5.82 Å². The van der Waals surface area contributed by atoms with Gasteiger partial charge in [0.15, 0.2) is 17.3 Å². The number of aromatic amines is 1. The molecule has 1 rings (SSSR count). The Balaban J connectivity index is 2.53. The van der Waals surface area contributed by atoms with Crippen LogP contribution in [0.5, 0.6) is 0 Å². The lowest BCUT2D eigenvalue weighted by atomic mass is 9.96. The van der Waals surface area contributed by atoms with E-state index in [1.807, 2.05) is 0 Å². The second kappa shape index (κ2) is 5.65. The summed E-state index contributed by atoms with van der Waals surface area (Å²) < 4.78 is 10.2. The summed E-state index contributed by atoms with van der Waals surface area (Å²) in [5, 5.41) is 7.88. The maximum absolute atomic E-state index is 5.09. The third-order valence-electron chi connectivity index (χ3n) is 2.02. The standard InChI is InChI=1S/C10H19N3O2S/c1-10(2,3)8-11-9(13-12-8)16-6-7(14-4)15-5/h7H,6H2,1-5H3,(H,11,12,13). The predicted molar refractivity (Wildman–Crippen MR) is 63.6 cm³/mol. The second-order valence-corrected chi connectivity index (χ2v) is 5.43. The van der Waals surface area contributed by atoms with Crippen LogP contribution in [0.1, 0.15) is 26.6 Å². The van der Waals surface area contributed by atoms with E-state index in [1.165, 1.54) is 11.8 Å². The van der Waals surface area contributed by atoms with Crippen molar-refractivity contribution in [2.24, 2.45) is 0 Å². The number of hydrogen-bond donors (Lipinski definition) is 1. The van der Waals surface area contributed by atoms with E-state index in [1.54, 1.807) is 14.2 Å². The number of aromatic nitrogens is 3. The van der Waals surface area contributed by atoms with Crippen LogP contribution >= 0.6 is 11.8 Å². The first-order chi connectivity index (χ1) is 7.47. The first-order valence-electron chi connectivity index (χ1n) is 5.08. The first-order valence-corrected chi connectivity index (χ1v) is 6.07. The molecule has 0 aliphatic rings. The fourth-order valence-electron chi connectivity index (χ4n) is 1.03. The number of H-pyrrole nitrogens is 1. The van der Waals surface area contributed by atoms with E-state index in [9.17, 15) is 0 Å². The molecule has 92 valence electrons. The number of nitrogens with zero attached hydrogens (tertiary/aromatic N) is 2. The van der Waals surface area contributed by atoms with Crippen LogP contribution in [-0.4, -0.2) is 41.4 Å². The summed E-state index contributed by atoms with van der Waals surface area (Å²) in [7, 11) is 3.24. The van der Waals surface area contributed by atoms with Crippen molar-refractivity contribution >= 4 is 11.8 Å². The van der Waals surface area contributed by atoms with Gasteiger partial charge in [0.1, 0.15) is 0 Å². The summed E-state index contributed by atoms with van der Waals surface area (Å²) in [6, 6.07) is 0. The molecule has 0 saturated heterocycles. The Morgan fingerprint density at radius 3 is 2.38 bits per heavy atom. The molecule has 0 fully saturated rings. The molecule has 5 nitrogen and oxygen atoms in total. The highest BCUT2D eigenvalue weighted by atomic mass is 32.2. The maximum Gasteiger partial charge on any atom is 0.183 e.